The average Bonchev–Trinajstić information content (AvgIpc) is 2.25. The van der Waals surface area contributed by atoms with Gasteiger partial charge >= 0.3 is 5.97 Å². The summed E-state index contributed by atoms with van der Waals surface area (Å²) in [6.07, 6.45) is 0.155. The Morgan fingerprint density at radius 2 is 2.00 bits per heavy atom. The highest BCUT2D eigenvalue weighted by Crippen LogP contribution is 2.22. The highest BCUT2D eigenvalue weighted by Gasteiger charge is 2.18. The molecule has 100 valence electrons. The van der Waals surface area contributed by atoms with Gasteiger partial charge in [0.05, 0.1) is 13.0 Å². The Bertz CT molecular complexity index is 410. The van der Waals surface area contributed by atoms with Crippen LogP contribution in [0.2, 0.25) is 0 Å². The first kappa shape index (κ1) is 14.6. The lowest BCUT2D eigenvalue weighted by molar-refractivity contribution is -0.138. The summed E-state index contributed by atoms with van der Waals surface area (Å²) in [5.74, 6) is 0.421. The van der Waals surface area contributed by atoms with E-state index in [0.717, 1.165) is 11.3 Å². The summed E-state index contributed by atoms with van der Waals surface area (Å²) in [6.45, 7) is 8.55. The van der Waals surface area contributed by atoms with E-state index in [-0.39, 0.29) is 12.3 Å². The van der Waals surface area contributed by atoms with Crippen molar-refractivity contribution in [2.45, 2.75) is 34.1 Å². The number of hydrogen-bond donors (Lipinski definition) is 1. The predicted molar refractivity (Wildman–Crippen MR) is 72.0 cm³/mol. The van der Waals surface area contributed by atoms with Crippen LogP contribution >= 0.6 is 0 Å². The van der Waals surface area contributed by atoms with Crippen LogP contribution in [0, 0.1) is 25.7 Å². The molecule has 0 aliphatic rings. The van der Waals surface area contributed by atoms with E-state index in [9.17, 15) is 4.79 Å². The third-order valence-corrected chi connectivity index (χ3v) is 3.16. The summed E-state index contributed by atoms with van der Waals surface area (Å²) in [4.78, 5) is 10.8. The lowest BCUT2D eigenvalue weighted by atomic mass is 9.93. The van der Waals surface area contributed by atoms with Crippen molar-refractivity contribution < 1.29 is 14.6 Å². The first-order valence-corrected chi connectivity index (χ1v) is 6.32. The Kier molecular flexibility index (Phi) is 5.20. The van der Waals surface area contributed by atoms with Gasteiger partial charge < -0.3 is 9.84 Å². The van der Waals surface area contributed by atoms with E-state index < -0.39 is 5.97 Å². The van der Waals surface area contributed by atoms with Gasteiger partial charge in [-0.1, -0.05) is 31.5 Å². The van der Waals surface area contributed by atoms with Gasteiger partial charge in [-0.3, -0.25) is 4.79 Å². The van der Waals surface area contributed by atoms with Crippen LogP contribution in [0.15, 0.2) is 18.2 Å². The maximum atomic E-state index is 10.8. The molecular weight excluding hydrogens is 228 g/mol. The second kappa shape index (κ2) is 6.43. The minimum absolute atomic E-state index is 0.0446. The van der Waals surface area contributed by atoms with Gasteiger partial charge in [-0.2, -0.15) is 0 Å². The van der Waals surface area contributed by atoms with Crippen molar-refractivity contribution in [3.63, 3.8) is 0 Å². The van der Waals surface area contributed by atoms with Crippen molar-refractivity contribution in [3.05, 3.63) is 29.3 Å². The largest absolute Gasteiger partial charge is 0.493 e. The molecular formula is C15H22O3. The third kappa shape index (κ3) is 4.40. The van der Waals surface area contributed by atoms with Crippen LogP contribution < -0.4 is 4.74 Å². The Hall–Kier alpha value is -1.51. The van der Waals surface area contributed by atoms with E-state index in [4.69, 9.17) is 9.84 Å². The van der Waals surface area contributed by atoms with Gasteiger partial charge in [-0.05, 0) is 31.4 Å². The number of ether oxygens (including phenoxy) is 1. The smallest absolute Gasteiger partial charge is 0.303 e. The molecule has 0 spiro atoms. The van der Waals surface area contributed by atoms with Crippen LogP contribution in [-0.2, 0) is 4.79 Å². The van der Waals surface area contributed by atoms with Gasteiger partial charge in [0.15, 0.2) is 0 Å². The predicted octanol–water partition coefficient (Wildman–Crippen LogP) is 3.43. The molecule has 3 heteroatoms. The minimum Gasteiger partial charge on any atom is -0.493 e. The zero-order valence-corrected chi connectivity index (χ0v) is 11.6. The lowest BCUT2D eigenvalue weighted by Gasteiger charge is -2.20. The molecule has 0 radical (unpaired) electrons. The second-order valence-electron chi connectivity index (χ2n) is 5.18. The summed E-state index contributed by atoms with van der Waals surface area (Å²) < 4.78 is 5.75. The number of aliphatic carboxylic acids is 1. The maximum Gasteiger partial charge on any atom is 0.303 e. The first-order valence-electron chi connectivity index (χ1n) is 6.32. The summed E-state index contributed by atoms with van der Waals surface area (Å²) in [6, 6.07) is 6.02. The fraction of sp³-hybridized carbons (Fsp3) is 0.533. The first-order chi connectivity index (χ1) is 8.40. The highest BCUT2D eigenvalue weighted by molar-refractivity contribution is 5.67. The molecule has 0 aromatic heterocycles. The van der Waals surface area contributed by atoms with E-state index in [1.165, 1.54) is 5.56 Å². The Balaban J connectivity index is 2.64. The zero-order valence-electron chi connectivity index (χ0n) is 11.6. The number of aryl methyl sites for hydroxylation is 2. The average molecular weight is 250 g/mol. The van der Waals surface area contributed by atoms with Crippen LogP contribution in [0.1, 0.15) is 31.4 Å². The monoisotopic (exact) mass is 250 g/mol. The van der Waals surface area contributed by atoms with Crippen molar-refractivity contribution in [2.75, 3.05) is 6.61 Å². The van der Waals surface area contributed by atoms with Gasteiger partial charge in [0.1, 0.15) is 5.75 Å². The molecule has 18 heavy (non-hydrogen) atoms. The van der Waals surface area contributed by atoms with Crippen LogP contribution in [0.25, 0.3) is 0 Å². The van der Waals surface area contributed by atoms with Crippen molar-refractivity contribution >= 4 is 5.97 Å². The van der Waals surface area contributed by atoms with Gasteiger partial charge in [-0.15, -0.1) is 0 Å². The summed E-state index contributed by atoms with van der Waals surface area (Å²) in [5.41, 5.74) is 2.29. The zero-order chi connectivity index (χ0) is 13.7. The molecule has 1 rings (SSSR count). The molecule has 0 bridgehead atoms. The molecule has 0 aliphatic carbocycles. The molecule has 0 fully saturated rings. The van der Waals surface area contributed by atoms with Crippen molar-refractivity contribution in [3.8, 4) is 5.75 Å². The van der Waals surface area contributed by atoms with Gasteiger partial charge in [-0.25, -0.2) is 0 Å². The molecule has 1 aromatic carbocycles. The Morgan fingerprint density at radius 1 is 1.33 bits per heavy atom. The Morgan fingerprint density at radius 3 is 2.50 bits per heavy atom. The van der Waals surface area contributed by atoms with Crippen LogP contribution in [0.3, 0.4) is 0 Å². The third-order valence-electron chi connectivity index (χ3n) is 3.16. The summed E-state index contributed by atoms with van der Waals surface area (Å²) in [7, 11) is 0. The van der Waals surface area contributed by atoms with E-state index in [1.807, 2.05) is 39.8 Å². The highest BCUT2D eigenvalue weighted by atomic mass is 16.5. The number of rotatable bonds is 6. The number of carboxylic acids is 1. The Labute approximate surface area is 109 Å². The van der Waals surface area contributed by atoms with Gasteiger partial charge in [0.25, 0.3) is 0 Å². The molecule has 1 atom stereocenters. The van der Waals surface area contributed by atoms with E-state index >= 15 is 0 Å². The lowest BCUT2D eigenvalue weighted by Crippen LogP contribution is -2.21. The minimum atomic E-state index is -0.766. The number of carbonyl (C=O) groups is 1. The molecule has 0 saturated heterocycles. The van der Waals surface area contributed by atoms with Crippen LogP contribution in [0.5, 0.6) is 5.75 Å². The molecule has 0 aliphatic heterocycles. The van der Waals surface area contributed by atoms with E-state index in [2.05, 4.69) is 6.07 Å². The van der Waals surface area contributed by atoms with Crippen LogP contribution in [0.4, 0.5) is 0 Å². The van der Waals surface area contributed by atoms with Crippen molar-refractivity contribution in [1.82, 2.24) is 0 Å². The van der Waals surface area contributed by atoms with E-state index in [0.29, 0.717) is 12.5 Å². The number of hydrogen-bond acceptors (Lipinski definition) is 2. The molecule has 0 heterocycles. The quantitative estimate of drug-likeness (QED) is 0.841. The summed E-state index contributed by atoms with van der Waals surface area (Å²) >= 11 is 0. The molecule has 3 nitrogen and oxygen atoms in total. The van der Waals surface area contributed by atoms with Crippen LogP contribution in [-0.4, -0.2) is 17.7 Å². The molecule has 0 amide bonds. The maximum absolute atomic E-state index is 10.8. The SMILES string of the molecule is Cc1ccc(OCC(CC(=O)O)C(C)C)c(C)c1. The fourth-order valence-corrected chi connectivity index (χ4v) is 1.87. The molecule has 1 aromatic rings. The number of carboxylic acid groups (broad SMARTS) is 1. The topological polar surface area (TPSA) is 46.5 Å². The summed E-state index contributed by atoms with van der Waals surface area (Å²) in [5, 5.41) is 8.87. The van der Waals surface area contributed by atoms with Crippen molar-refractivity contribution in [2.24, 2.45) is 11.8 Å². The fourth-order valence-electron chi connectivity index (χ4n) is 1.87. The number of benzene rings is 1. The molecule has 0 saturated carbocycles. The molecule has 1 N–H and O–H groups in total. The van der Waals surface area contributed by atoms with E-state index in [1.54, 1.807) is 0 Å². The molecule has 1 unspecified atom stereocenters. The standard InChI is InChI=1S/C15H22O3/c1-10(2)13(8-15(16)17)9-18-14-6-5-11(3)7-12(14)4/h5-7,10,13H,8-9H2,1-4H3,(H,16,17). The second-order valence-corrected chi connectivity index (χ2v) is 5.18. The van der Waals surface area contributed by atoms with Gasteiger partial charge in [0.2, 0.25) is 0 Å². The van der Waals surface area contributed by atoms with Crippen molar-refractivity contribution in [1.29, 1.82) is 0 Å². The normalized spacial score (nSPS) is 12.5. The van der Waals surface area contributed by atoms with Gasteiger partial charge in [0, 0.05) is 5.92 Å².